The third-order valence-electron chi connectivity index (χ3n) is 3.48. The van der Waals surface area contributed by atoms with E-state index < -0.39 is 0 Å². The number of rotatable bonds is 6. The molecule has 0 bridgehead atoms. The molecule has 1 saturated heterocycles. The minimum atomic E-state index is -0.0484. The fraction of sp³-hybridized carbons (Fsp3) is 0.500. The Morgan fingerprint density at radius 3 is 2.68 bits per heavy atom. The Kier molecular flexibility index (Phi) is 7.09. The van der Waals surface area contributed by atoms with Crippen LogP contribution in [-0.2, 0) is 0 Å². The zero-order valence-corrected chi connectivity index (χ0v) is 13.8. The summed E-state index contributed by atoms with van der Waals surface area (Å²) in [6.45, 7) is 2.16. The highest BCUT2D eigenvalue weighted by atomic mass is 32.2. The normalized spacial score (nSPS) is 18.0. The number of benzene rings is 1. The average molecular weight is 320 g/mol. The fourth-order valence-electron chi connectivity index (χ4n) is 2.28. The number of nitrogens with one attached hydrogen (secondary N) is 3. The standard InChI is InChI=1S/C16H24N4OS/c1-17-16(20-12-14-8-5-11-22-14)19-10-9-18-15(21)13-6-3-2-4-7-13/h2-4,6-7,14H,5,8-12H2,1H3,(H,18,21)(H2,17,19,20). The van der Waals surface area contributed by atoms with E-state index in [0.717, 1.165) is 12.5 Å². The lowest BCUT2D eigenvalue weighted by molar-refractivity contribution is 0.0954. The van der Waals surface area contributed by atoms with Gasteiger partial charge < -0.3 is 16.0 Å². The van der Waals surface area contributed by atoms with E-state index in [1.54, 1.807) is 7.05 Å². The van der Waals surface area contributed by atoms with Crippen LogP contribution in [0.3, 0.4) is 0 Å². The van der Waals surface area contributed by atoms with Crippen molar-refractivity contribution in [2.24, 2.45) is 4.99 Å². The van der Waals surface area contributed by atoms with Crippen LogP contribution in [0.5, 0.6) is 0 Å². The van der Waals surface area contributed by atoms with Crippen molar-refractivity contribution in [1.29, 1.82) is 0 Å². The van der Waals surface area contributed by atoms with Gasteiger partial charge in [-0.3, -0.25) is 9.79 Å². The molecule has 1 heterocycles. The van der Waals surface area contributed by atoms with Gasteiger partial charge in [0.25, 0.3) is 5.91 Å². The topological polar surface area (TPSA) is 65.5 Å². The zero-order valence-electron chi connectivity index (χ0n) is 13.0. The van der Waals surface area contributed by atoms with Crippen molar-refractivity contribution < 1.29 is 4.79 Å². The quantitative estimate of drug-likeness (QED) is 0.422. The molecular formula is C16H24N4OS. The molecule has 1 unspecified atom stereocenters. The number of hydrogen-bond acceptors (Lipinski definition) is 3. The highest BCUT2D eigenvalue weighted by molar-refractivity contribution is 8.00. The van der Waals surface area contributed by atoms with E-state index in [1.165, 1.54) is 18.6 Å². The van der Waals surface area contributed by atoms with Gasteiger partial charge in [-0.15, -0.1) is 0 Å². The van der Waals surface area contributed by atoms with Gasteiger partial charge >= 0.3 is 0 Å². The number of thioether (sulfide) groups is 1. The van der Waals surface area contributed by atoms with Crippen LogP contribution in [0.2, 0.25) is 0 Å². The second-order valence-corrected chi connectivity index (χ2v) is 6.55. The van der Waals surface area contributed by atoms with Crippen LogP contribution in [-0.4, -0.2) is 49.6 Å². The molecule has 6 heteroatoms. The number of carbonyl (C=O) groups excluding carboxylic acids is 1. The molecule has 0 spiro atoms. The Bertz CT molecular complexity index is 486. The molecule has 22 heavy (non-hydrogen) atoms. The van der Waals surface area contributed by atoms with E-state index in [0.29, 0.717) is 23.9 Å². The monoisotopic (exact) mass is 320 g/mol. The van der Waals surface area contributed by atoms with Gasteiger partial charge in [-0.2, -0.15) is 11.8 Å². The number of hydrogen-bond donors (Lipinski definition) is 3. The van der Waals surface area contributed by atoms with Crippen LogP contribution in [0.25, 0.3) is 0 Å². The maximum Gasteiger partial charge on any atom is 0.251 e. The molecule has 1 fully saturated rings. The molecule has 120 valence electrons. The Balaban J connectivity index is 1.61. The maximum absolute atomic E-state index is 11.9. The van der Waals surface area contributed by atoms with Crippen molar-refractivity contribution in [1.82, 2.24) is 16.0 Å². The van der Waals surface area contributed by atoms with Crippen molar-refractivity contribution in [2.75, 3.05) is 32.4 Å². The summed E-state index contributed by atoms with van der Waals surface area (Å²) in [5.74, 6) is 2.01. The Morgan fingerprint density at radius 1 is 1.23 bits per heavy atom. The largest absolute Gasteiger partial charge is 0.355 e. The highest BCUT2D eigenvalue weighted by Crippen LogP contribution is 2.25. The second-order valence-electron chi connectivity index (χ2n) is 5.14. The van der Waals surface area contributed by atoms with Crippen LogP contribution in [0.1, 0.15) is 23.2 Å². The summed E-state index contributed by atoms with van der Waals surface area (Å²) in [5.41, 5.74) is 0.684. The first-order chi connectivity index (χ1) is 10.8. The van der Waals surface area contributed by atoms with Gasteiger partial charge in [0.1, 0.15) is 0 Å². The zero-order chi connectivity index (χ0) is 15.6. The highest BCUT2D eigenvalue weighted by Gasteiger charge is 2.15. The molecule has 1 aliphatic heterocycles. The molecule has 0 aliphatic carbocycles. The first-order valence-electron chi connectivity index (χ1n) is 7.69. The predicted octanol–water partition coefficient (Wildman–Crippen LogP) is 1.48. The average Bonchev–Trinajstić information content (AvgIpc) is 3.08. The Morgan fingerprint density at radius 2 is 2.00 bits per heavy atom. The summed E-state index contributed by atoms with van der Waals surface area (Å²) in [6.07, 6.45) is 2.59. The summed E-state index contributed by atoms with van der Waals surface area (Å²) in [6, 6.07) is 9.24. The summed E-state index contributed by atoms with van der Waals surface area (Å²) >= 11 is 2.02. The van der Waals surface area contributed by atoms with Gasteiger partial charge in [-0.05, 0) is 30.7 Å². The van der Waals surface area contributed by atoms with Gasteiger partial charge in [-0.1, -0.05) is 18.2 Å². The lowest BCUT2D eigenvalue weighted by Crippen LogP contribution is -2.43. The number of aliphatic imine (C=N–C) groups is 1. The minimum absolute atomic E-state index is 0.0484. The van der Waals surface area contributed by atoms with Crippen molar-refractivity contribution in [2.45, 2.75) is 18.1 Å². The summed E-state index contributed by atoms with van der Waals surface area (Å²) in [5, 5.41) is 10.1. The first-order valence-corrected chi connectivity index (χ1v) is 8.74. The van der Waals surface area contributed by atoms with Crippen molar-refractivity contribution in [3.63, 3.8) is 0 Å². The Labute approximate surface area is 136 Å². The van der Waals surface area contributed by atoms with E-state index in [9.17, 15) is 4.79 Å². The van der Waals surface area contributed by atoms with Gasteiger partial charge in [0.05, 0.1) is 0 Å². The summed E-state index contributed by atoms with van der Waals surface area (Å²) in [4.78, 5) is 16.1. The van der Waals surface area contributed by atoms with Crippen LogP contribution in [0, 0.1) is 0 Å². The molecule has 1 aliphatic rings. The first kappa shape index (κ1) is 16.7. The third-order valence-corrected chi connectivity index (χ3v) is 4.88. The van der Waals surface area contributed by atoms with Gasteiger partial charge in [0, 0.05) is 37.5 Å². The molecule has 1 aromatic rings. The smallest absolute Gasteiger partial charge is 0.251 e. The van der Waals surface area contributed by atoms with E-state index in [4.69, 9.17) is 0 Å². The van der Waals surface area contributed by atoms with Crippen LogP contribution in [0.15, 0.2) is 35.3 Å². The molecule has 1 amide bonds. The minimum Gasteiger partial charge on any atom is -0.355 e. The molecule has 1 aromatic carbocycles. The summed E-state index contributed by atoms with van der Waals surface area (Å²) < 4.78 is 0. The maximum atomic E-state index is 11.9. The molecule has 2 rings (SSSR count). The number of nitrogens with zero attached hydrogens (tertiary/aromatic N) is 1. The van der Waals surface area contributed by atoms with Crippen LogP contribution in [0.4, 0.5) is 0 Å². The van der Waals surface area contributed by atoms with E-state index >= 15 is 0 Å². The van der Waals surface area contributed by atoms with Gasteiger partial charge in [0.2, 0.25) is 0 Å². The van der Waals surface area contributed by atoms with Crippen molar-refractivity contribution in [3.05, 3.63) is 35.9 Å². The number of guanidine groups is 1. The molecule has 3 N–H and O–H groups in total. The molecule has 0 saturated carbocycles. The molecule has 5 nitrogen and oxygen atoms in total. The molecular weight excluding hydrogens is 296 g/mol. The van der Waals surface area contributed by atoms with Crippen LogP contribution >= 0.6 is 11.8 Å². The number of carbonyl (C=O) groups is 1. The number of amides is 1. The lowest BCUT2D eigenvalue weighted by atomic mass is 10.2. The molecule has 0 radical (unpaired) electrons. The van der Waals surface area contributed by atoms with Crippen LogP contribution < -0.4 is 16.0 Å². The van der Waals surface area contributed by atoms with E-state index in [1.807, 2.05) is 42.1 Å². The summed E-state index contributed by atoms with van der Waals surface area (Å²) in [7, 11) is 1.76. The van der Waals surface area contributed by atoms with E-state index in [-0.39, 0.29) is 5.91 Å². The van der Waals surface area contributed by atoms with Gasteiger partial charge in [-0.25, -0.2) is 0 Å². The molecule has 0 aromatic heterocycles. The second kappa shape index (κ2) is 9.35. The van der Waals surface area contributed by atoms with Gasteiger partial charge in [0.15, 0.2) is 5.96 Å². The van der Waals surface area contributed by atoms with Crippen molar-refractivity contribution >= 4 is 23.6 Å². The fourth-order valence-corrected chi connectivity index (χ4v) is 3.49. The molecule has 1 atom stereocenters. The SMILES string of the molecule is CN=C(NCCNC(=O)c1ccccc1)NCC1CCCS1. The van der Waals surface area contributed by atoms with E-state index in [2.05, 4.69) is 20.9 Å². The van der Waals surface area contributed by atoms with Crippen molar-refractivity contribution in [3.8, 4) is 0 Å². The predicted molar refractivity (Wildman–Crippen MR) is 93.6 cm³/mol. The lowest BCUT2D eigenvalue weighted by Gasteiger charge is -2.15. The third kappa shape index (κ3) is 5.60. The Hall–Kier alpha value is -1.69.